The minimum Gasteiger partial charge on any atom is -0.489 e. The minimum absolute atomic E-state index is 0.324. The van der Waals surface area contributed by atoms with Crippen molar-refractivity contribution in [3.05, 3.63) is 58.9 Å². The Morgan fingerprint density at radius 3 is 2.14 bits per heavy atom. The highest BCUT2D eigenvalue weighted by atomic mass is 16.5. The van der Waals surface area contributed by atoms with Crippen molar-refractivity contribution in [2.75, 3.05) is 0 Å². The maximum absolute atomic E-state index is 10.3. The molecular weight excluding hydrogens is 262 g/mol. The first-order valence-electron chi connectivity index (χ1n) is 7.30. The fourth-order valence-electron chi connectivity index (χ4n) is 2.12. The van der Waals surface area contributed by atoms with Crippen molar-refractivity contribution in [2.45, 2.75) is 39.7 Å². The number of ether oxygens (including phenoxy) is 1. The van der Waals surface area contributed by atoms with Gasteiger partial charge in [-0.1, -0.05) is 26.0 Å². The van der Waals surface area contributed by atoms with Gasteiger partial charge in [0.05, 0.1) is 0 Å². The number of hydrogen-bond donors (Lipinski definition) is 0. The van der Waals surface area contributed by atoms with Gasteiger partial charge >= 0.3 is 0 Å². The minimum atomic E-state index is 0.324. The standard InChI is InChI=1S/C18H20NO2/c1-3-16-11-15(12-17(4-2)19-16)13-21-18-7-5-14(6-8-18)9-10-20/h5-8,11-12H,3-4,9,13H2,1-2H3. The Balaban J connectivity index is 2.03. The molecule has 0 saturated carbocycles. The zero-order valence-electron chi connectivity index (χ0n) is 12.6. The van der Waals surface area contributed by atoms with E-state index in [4.69, 9.17) is 4.74 Å². The predicted molar refractivity (Wildman–Crippen MR) is 83.2 cm³/mol. The van der Waals surface area contributed by atoms with Gasteiger partial charge in [-0.3, -0.25) is 9.78 Å². The predicted octanol–water partition coefficient (Wildman–Crippen LogP) is 3.44. The van der Waals surface area contributed by atoms with E-state index in [0.717, 1.165) is 41.1 Å². The first-order valence-corrected chi connectivity index (χ1v) is 7.30. The maximum Gasteiger partial charge on any atom is 0.203 e. The van der Waals surface area contributed by atoms with Crippen LogP contribution in [-0.2, 0) is 30.7 Å². The van der Waals surface area contributed by atoms with Crippen molar-refractivity contribution in [2.24, 2.45) is 0 Å². The molecule has 0 amide bonds. The van der Waals surface area contributed by atoms with Gasteiger partial charge in [-0.15, -0.1) is 0 Å². The summed E-state index contributed by atoms with van der Waals surface area (Å²) in [5.41, 5.74) is 4.29. The highest BCUT2D eigenvalue weighted by Gasteiger charge is 2.02. The molecule has 21 heavy (non-hydrogen) atoms. The average molecular weight is 282 g/mol. The lowest BCUT2D eigenvalue weighted by Gasteiger charge is -2.09. The first kappa shape index (κ1) is 15.2. The van der Waals surface area contributed by atoms with Gasteiger partial charge in [0.2, 0.25) is 6.29 Å². The summed E-state index contributed by atoms with van der Waals surface area (Å²) in [5.74, 6) is 0.803. The monoisotopic (exact) mass is 282 g/mol. The van der Waals surface area contributed by atoms with Crippen LogP contribution in [0.3, 0.4) is 0 Å². The largest absolute Gasteiger partial charge is 0.489 e. The van der Waals surface area contributed by atoms with Crippen LogP contribution in [0.1, 0.15) is 36.4 Å². The molecule has 0 fully saturated rings. The molecule has 0 aliphatic carbocycles. The van der Waals surface area contributed by atoms with Crippen LogP contribution >= 0.6 is 0 Å². The lowest BCUT2D eigenvalue weighted by molar-refractivity contribution is 0.305. The van der Waals surface area contributed by atoms with E-state index in [1.807, 2.05) is 30.6 Å². The van der Waals surface area contributed by atoms with Crippen molar-refractivity contribution < 1.29 is 9.53 Å². The molecule has 2 aromatic rings. The first-order chi connectivity index (χ1) is 10.2. The zero-order valence-corrected chi connectivity index (χ0v) is 12.6. The molecule has 0 spiro atoms. The second-order valence-corrected chi connectivity index (χ2v) is 4.92. The van der Waals surface area contributed by atoms with E-state index >= 15 is 0 Å². The highest BCUT2D eigenvalue weighted by Crippen LogP contribution is 2.15. The Labute approximate surface area is 126 Å². The Morgan fingerprint density at radius 2 is 1.62 bits per heavy atom. The van der Waals surface area contributed by atoms with Gasteiger partial charge in [0, 0.05) is 17.8 Å². The SMILES string of the molecule is CCc1cc(COc2ccc(C[C]=O)cc2)cc(CC)n1. The Bertz CT molecular complexity index is 568. The molecule has 1 aromatic heterocycles. The van der Waals surface area contributed by atoms with Crippen molar-refractivity contribution in [3.63, 3.8) is 0 Å². The third-order valence-electron chi connectivity index (χ3n) is 3.32. The Hall–Kier alpha value is -2.16. The molecule has 0 aliphatic heterocycles. The van der Waals surface area contributed by atoms with E-state index in [-0.39, 0.29) is 0 Å². The second-order valence-electron chi connectivity index (χ2n) is 4.92. The van der Waals surface area contributed by atoms with Gasteiger partial charge in [0.1, 0.15) is 12.4 Å². The van der Waals surface area contributed by atoms with Gasteiger partial charge in [0.15, 0.2) is 0 Å². The molecule has 0 N–H and O–H groups in total. The van der Waals surface area contributed by atoms with Crippen molar-refractivity contribution in [1.29, 1.82) is 0 Å². The van der Waals surface area contributed by atoms with Gasteiger partial charge in [-0.25, -0.2) is 0 Å². The second kappa shape index (κ2) is 7.58. The number of hydrogen-bond acceptors (Lipinski definition) is 3. The van der Waals surface area contributed by atoms with Crippen LogP contribution in [0.25, 0.3) is 0 Å². The fraction of sp³-hybridized carbons (Fsp3) is 0.333. The van der Waals surface area contributed by atoms with Crippen molar-refractivity contribution in [3.8, 4) is 5.75 Å². The van der Waals surface area contributed by atoms with Crippen LogP contribution in [-0.4, -0.2) is 11.3 Å². The summed E-state index contributed by atoms with van der Waals surface area (Å²) in [6.07, 6.45) is 4.07. The van der Waals surface area contributed by atoms with Gasteiger partial charge in [-0.05, 0) is 48.2 Å². The smallest absolute Gasteiger partial charge is 0.203 e. The molecule has 3 nitrogen and oxygen atoms in total. The number of benzene rings is 1. The van der Waals surface area contributed by atoms with Crippen LogP contribution < -0.4 is 4.74 Å². The van der Waals surface area contributed by atoms with Crippen LogP contribution in [0.2, 0.25) is 0 Å². The van der Waals surface area contributed by atoms with Gasteiger partial charge < -0.3 is 4.74 Å². The molecule has 1 aromatic carbocycles. The average Bonchev–Trinajstić information content (AvgIpc) is 2.54. The number of carbonyl (C=O) groups excluding carboxylic acids is 1. The fourth-order valence-corrected chi connectivity index (χ4v) is 2.12. The highest BCUT2D eigenvalue weighted by molar-refractivity contribution is 5.55. The summed E-state index contributed by atoms with van der Waals surface area (Å²) in [4.78, 5) is 14.9. The number of nitrogens with zero attached hydrogens (tertiary/aromatic N) is 1. The summed E-state index contributed by atoms with van der Waals surface area (Å²) in [6.45, 7) is 4.74. The molecule has 1 radical (unpaired) electrons. The van der Waals surface area contributed by atoms with E-state index in [0.29, 0.717) is 13.0 Å². The molecule has 0 aliphatic rings. The normalized spacial score (nSPS) is 10.4. The quantitative estimate of drug-likeness (QED) is 0.781. The molecule has 3 heteroatoms. The third kappa shape index (κ3) is 4.42. The third-order valence-corrected chi connectivity index (χ3v) is 3.32. The van der Waals surface area contributed by atoms with E-state index in [2.05, 4.69) is 31.0 Å². The molecule has 2 rings (SSSR count). The summed E-state index contributed by atoms with van der Waals surface area (Å²) in [5, 5.41) is 0. The van der Waals surface area contributed by atoms with E-state index in [1.54, 1.807) is 0 Å². The lowest BCUT2D eigenvalue weighted by Crippen LogP contribution is -2.01. The van der Waals surface area contributed by atoms with Crippen molar-refractivity contribution in [1.82, 2.24) is 4.98 Å². The van der Waals surface area contributed by atoms with Gasteiger partial charge in [-0.2, -0.15) is 0 Å². The lowest BCUT2D eigenvalue weighted by atomic mass is 10.1. The zero-order chi connectivity index (χ0) is 15.1. The molecule has 0 atom stereocenters. The summed E-state index contributed by atoms with van der Waals surface area (Å²) < 4.78 is 5.80. The van der Waals surface area contributed by atoms with Gasteiger partial charge in [0.25, 0.3) is 0 Å². The molecule has 0 saturated heterocycles. The van der Waals surface area contributed by atoms with Crippen LogP contribution in [0.15, 0.2) is 36.4 Å². The Morgan fingerprint density at radius 1 is 1.00 bits per heavy atom. The maximum atomic E-state index is 10.3. The molecule has 1 heterocycles. The molecule has 0 unspecified atom stereocenters. The van der Waals surface area contributed by atoms with Crippen LogP contribution in [0.4, 0.5) is 0 Å². The van der Waals surface area contributed by atoms with Crippen LogP contribution in [0, 0.1) is 0 Å². The van der Waals surface area contributed by atoms with Crippen LogP contribution in [0.5, 0.6) is 5.75 Å². The number of aromatic nitrogens is 1. The van der Waals surface area contributed by atoms with E-state index in [9.17, 15) is 4.79 Å². The number of pyridine rings is 1. The molecule has 109 valence electrons. The molecule has 0 bridgehead atoms. The van der Waals surface area contributed by atoms with Crippen molar-refractivity contribution >= 4 is 6.29 Å². The van der Waals surface area contributed by atoms with E-state index < -0.39 is 0 Å². The molecular formula is C18H20NO2. The summed E-state index contributed by atoms with van der Waals surface area (Å²) in [6, 6.07) is 11.7. The topological polar surface area (TPSA) is 39.2 Å². The summed E-state index contributed by atoms with van der Waals surface area (Å²) in [7, 11) is 0. The van der Waals surface area contributed by atoms with E-state index in [1.165, 1.54) is 0 Å². The summed E-state index contributed by atoms with van der Waals surface area (Å²) >= 11 is 0. The number of rotatable bonds is 7. The Kier molecular flexibility index (Phi) is 5.50. The number of aryl methyl sites for hydroxylation is 2.